The Kier molecular flexibility index (Phi) is 7.04. The lowest BCUT2D eigenvalue weighted by Gasteiger charge is -2.35. The quantitative estimate of drug-likeness (QED) is 0.178. The number of hydrogen-bond donors (Lipinski definition) is 0. The van der Waals surface area contributed by atoms with Crippen molar-refractivity contribution < 1.29 is 0 Å². The van der Waals surface area contributed by atoms with E-state index in [0.29, 0.717) is 0 Å². The largest absolute Gasteiger partial charge is 0.309 e. The van der Waals surface area contributed by atoms with Gasteiger partial charge in [0.15, 0.2) is 5.82 Å². The normalized spacial score (nSPS) is 12.0. The van der Waals surface area contributed by atoms with Crippen LogP contribution in [-0.2, 0) is 0 Å². The summed E-state index contributed by atoms with van der Waals surface area (Å²) in [7, 11) is 0. The number of thiophene rings is 1. The van der Waals surface area contributed by atoms with E-state index in [1.165, 1.54) is 49.2 Å². The van der Waals surface area contributed by atoms with Gasteiger partial charge in [-0.25, -0.2) is 9.97 Å². The van der Waals surface area contributed by atoms with Crippen molar-refractivity contribution in [2.24, 2.45) is 0 Å². The highest BCUT2D eigenvalue weighted by Gasteiger charge is 2.29. The molecular weight excluding hydrogens is 675 g/mol. The number of benzene rings is 8. The Morgan fingerprint density at radius 2 is 1.04 bits per heavy atom. The highest BCUT2D eigenvalue weighted by molar-refractivity contribution is 7.26. The molecule has 0 N–H and O–H groups in total. The number of aromatic nitrogens is 2. The molecule has 8 aromatic carbocycles. The fourth-order valence-corrected chi connectivity index (χ4v) is 9.34. The van der Waals surface area contributed by atoms with E-state index in [-0.39, 0.29) is 0 Å². The summed E-state index contributed by atoms with van der Waals surface area (Å²) in [5, 5.41) is 3.48. The average molecular weight is 706 g/mol. The first-order valence-electron chi connectivity index (χ1n) is 18.3. The second kappa shape index (κ2) is 12.4. The molecule has 4 heteroatoms. The second-order valence-corrected chi connectivity index (χ2v) is 14.8. The van der Waals surface area contributed by atoms with Crippen molar-refractivity contribution in [1.82, 2.24) is 9.97 Å². The maximum atomic E-state index is 5.46. The molecule has 1 aliphatic rings. The van der Waals surface area contributed by atoms with E-state index in [2.05, 4.69) is 193 Å². The molecule has 0 atom stereocenters. The molecule has 0 radical (unpaired) electrons. The van der Waals surface area contributed by atoms with Crippen molar-refractivity contribution in [3.63, 3.8) is 0 Å². The maximum Gasteiger partial charge on any atom is 0.161 e. The van der Waals surface area contributed by atoms with Gasteiger partial charge in [-0.3, -0.25) is 0 Å². The third kappa shape index (κ3) is 4.81. The highest BCUT2D eigenvalue weighted by atomic mass is 32.1. The molecule has 54 heavy (non-hydrogen) atoms. The molecule has 0 unspecified atom stereocenters. The molecule has 3 nitrogen and oxygen atoms in total. The van der Waals surface area contributed by atoms with E-state index in [9.17, 15) is 0 Å². The van der Waals surface area contributed by atoms with Crippen molar-refractivity contribution in [2.45, 2.75) is 0 Å². The van der Waals surface area contributed by atoms with Gasteiger partial charge >= 0.3 is 0 Å². The van der Waals surface area contributed by atoms with Gasteiger partial charge in [0, 0.05) is 37.9 Å². The van der Waals surface area contributed by atoms with Crippen LogP contribution in [0.2, 0.25) is 0 Å². The molecule has 0 saturated heterocycles. The van der Waals surface area contributed by atoms with Crippen LogP contribution in [0.1, 0.15) is 0 Å². The topological polar surface area (TPSA) is 29.0 Å². The molecule has 1 aliphatic heterocycles. The Balaban J connectivity index is 1.17. The number of fused-ring (bicyclic) bond motifs is 5. The number of hydrogen-bond acceptors (Lipinski definition) is 4. The molecular formula is C50H31N3S. The predicted octanol–water partition coefficient (Wildman–Crippen LogP) is 14.1. The van der Waals surface area contributed by atoms with Crippen molar-refractivity contribution in [3.05, 3.63) is 188 Å². The zero-order chi connectivity index (χ0) is 35.6. The maximum absolute atomic E-state index is 5.46. The van der Waals surface area contributed by atoms with Gasteiger partial charge < -0.3 is 4.90 Å². The number of para-hydroxylation sites is 1. The predicted molar refractivity (Wildman–Crippen MR) is 228 cm³/mol. The Morgan fingerprint density at radius 3 is 1.83 bits per heavy atom. The lowest BCUT2D eigenvalue weighted by molar-refractivity contribution is 1.24. The minimum Gasteiger partial charge on any atom is -0.309 e. The van der Waals surface area contributed by atoms with Gasteiger partial charge in [-0.15, -0.1) is 11.3 Å². The van der Waals surface area contributed by atoms with Crippen LogP contribution >= 0.6 is 11.3 Å². The molecule has 11 rings (SSSR count). The summed E-state index contributed by atoms with van der Waals surface area (Å²) < 4.78 is 2.31. The standard InChI is InChI=1S/C50H31N3S/c1-4-14-32(15-5-1)33-26-28-35(29-27-33)47-49-48(40-20-10-11-25-44(40)54-49)52-50(51-47)39-30-31-43-46-38(39)22-12-23-41(46)45-37(34-16-6-2-7-17-34)21-13-24-42(45)53(43)36-18-8-3-9-19-36/h1-31H. The lowest BCUT2D eigenvalue weighted by atomic mass is 9.85. The van der Waals surface area contributed by atoms with Gasteiger partial charge in [0.2, 0.25) is 0 Å². The molecule has 0 fully saturated rings. The van der Waals surface area contributed by atoms with Gasteiger partial charge in [-0.1, -0.05) is 152 Å². The average Bonchev–Trinajstić information content (AvgIpc) is 3.63. The smallest absolute Gasteiger partial charge is 0.161 e. The highest BCUT2D eigenvalue weighted by Crippen LogP contribution is 2.55. The Hall–Kier alpha value is -6.88. The monoisotopic (exact) mass is 705 g/mol. The van der Waals surface area contributed by atoms with Crippen LogP contribution in [0.5, 0.6) is 0 Å². The fourth-order valence-electron chi connectivity index (χ4n) is 8.19. The summed E-state index contributed by atoms with van der Waals surface area (Å²) >= 11 is 1.77. The summed E-state index contributed by atoms with van der Waals surface area (Å²) in [6, 6.07) is 67.2. The van der Waals surface area contributed by atoms with Crippen LogP contribution < -0.4 is 4.90 Å². The van der Waals surface area contributed by atoms with E-state index in [1.807, 2.05) is 0 Å². The minimum absolute atomic E-state index is 0.727. The summed E-state index contributed by atoms with van der Waals surface area (Å²) in [5.41, 5.74) is 14.7. The zero-order valence-electron chi connectivity index (χ0n) is 29.1. The van der Waals surface area contributed by atoms with Crippen LogP contribution in [0, 0.1) is 0 Å². The first-order valence-corrected chi connectivity index (χ1v) is 19.1. The molecule has 0 amide bonds. The van der Waals surface area contributed by atoms with Crippen LogP contribution in [0.15, 0.2) is 188 Å². The number of rotatable bonds is 5. The summed E-state index contributed by atoms with van der Waals surface area (Å²) in [4.78, 5) is 13.3. The van der Waals surface area contributed by atoms with Gasteiger partial charge in [0.1, 0.15) is 0 Å². The van der Waals surface area contributed by atoms with Crippen molar-refractivity contribution in [3.8, 4) is 56.0 Å². The van der Waals surface area contributed by atoms with Gasteiger partial charge in [0.05, 0.1) is 27.3 Å². The minimum atomic E-state index is 0.727. The van der Waals surface area contributed by atoms with Crippen LogP contribution in [0.4, 0.5) is 17.1 Å². The van der Waals surface area contributed by atoms with Crippen LogP contribution in [0.25, 0.3) is 87.1 Å². The van der Waals surface area contributed by atoms with Crippen LogP contribution in [0.3, 0.4) is 0 Å². The van der Waals surface area contributed by atoms with Gasteiger partial charge in [-0.2, -0.15) is 0 Å². The van der Waals surface area contributed by atoms with Crippen LogP contribution in [-0.4, -0.2) is 9.97 Å². The summed E-state index contributed by atoms with van der Waals surface area (Å²) in [6.07, 6.45) is 0. The van der Waals surface area contributed by atoms with Crippen molar-refractivity contribution in [2.75, 3.05) is 4.90 Å². The number of nitrogens with zero attached hydrogens (tertiary/aromatic N) is 3. The van der Waals surface area contributed by atoms with Gasteiger partial charge in [-0.05, 0) is 69.6 Å². The Bertz CT molecular complexity index is 3030. The first kappa shape index (κ1) is 30.7. The van der Waals surface area contributed by atoms with E-state index >= 15 is 0 Å². The molecule has 0 saturated carbocycles. The van der Waals surface area contributed by atoms with E-state index in [4.69, 9.17) is 9.97 Å². The van der Waals surface area contributed by atoms with Crippen molar-refractivity contribution in [1.29, 1.82) is 0 Å². The summed E-state index contributed by atoms with van der Waals surface area (Å²) in [6.45, 7) is 0. The Morgan fingerprint density at radius 1 is 0.407 bits per heavy atom. The lowest BCUT2D eigenvalue weighted by Crippen LogP contribution is -2.15. The van der Waals surface area contributed by atoms with Gasteiger partial charge in [0.25, 0.3) is 0 Å². The fraction of sp³-hybridized carbons (Fsp3) is 0. The SMILES string of the molecule is c1ccc(-c2ccc(-c3nc(-c4ccc5c6c(cccc46)-c4c(-c6ccccc6)cccc4N5c4ccccc4)nc4c3sc3ccccc34)cc2)cc1. The van der Waals surface area contributed by atoms with E-state index in [0.717, 1.165) is 55.0 Å². The first-order chi connectivity index (χ1) is 26.8. The van der Waals surface area contributed by atoms with E-state index < -0.39 is 0 Å². The molecule has 10 aromatic rings. The van der Waals surface area contributed by atoms with Crippen molar-refractivity contribution >= 4 is 59.5 Å². The number of anilines is 3. The summed E-state index contributed by atoms with van der Waals surface area (Å²) in [5.74, 6) is 0.727. The Labute approximate surface area is 317 Å². The molecule has 0 aliphatic carbocycles. The van der Waals surface area contributed by atoms with E-state index in [1.54, 1.807) is 11.3 Å². The molecule has 2 aromatic heterocycles. The third-order valence-electron chi connectivity index (χ3n) is 10.6. The molecule has 3 heterocycles. The molecule has 252 valence electrons. The second-order valence-electron chi connectivity index (χ2n) is 13.7. The molecule has 0 bridgehead atoms. The zero-order valence-corrected chi connectivity index (χ0v) is 30.0. The molecule has 0 spiro atoms. The third-order valence-corrected chi connectivity index (χ3v) is 11.8.